The fourth-order valence-corrected chi connectivity index (χ4v) is 13.5. The number of rotatable bonds is 77. The molecule has 0 aliphatic carbocycles. The average molecular weight is 1460 g/mol. The summed E-state index contributed by atoms with van der Waals surface area (Å²) >= 11 is 0. The third kappa shape index (κ3) is 71.2. The molecule has 0 amide bonds. The Morgan fingerprint density at radius 3 is 0.890 bits per heavy atom. The summed E-state index contributed by atoms with van der Waals surface area (Å²) < 4.78 is 68.6. The fraction of sp³-hybridized carbons (Fsp3) is 0.901. The van der Waals surface area contributed by atoms with Gasteiger partial charge in [0.15, 0.2) is 12.2 Å². The lowest BCUT2D eigenvalue weighted by Crippen LogP contribution is -2.30. The molecule has 3 N–H and O–H groups in total. The summed E-state index contributed by atoms with van der Waals surface area (Å²) in [6.45, 7) is 11.9. The molecule has 0 spiro atoms. The van der Waals surface area contributed by atoms with Gasteiger partial charge in [0.25, 0.3) is 0 Å². The lowest BCUT2D eigenvalue weighted by molar-refractivity contribution is -0.161. The molecule has 100 heavy (non-hydrogen) atoms. The maximum absolute atomic E-state index is 13.1. The fourth-order valence-electron chi connectivity index (χ4n) is 11.9. The summed E-state index contributed by atoms with van der Waals surface area (Å²) in [6, 6.07) is 0. The first-order valence-electron chi connectivity index (χ1n) is 41.2. The molecule has 0 saturated carbocycles. The Kier molecular flexibility index (Phi) is 69.1. The number of esters is 4. The van der Waals surface area contributed by atoms with E-state index in [0.717, 1.165) is 127 Å². The van der Waals surface area contributed by atoms with Crippen LogP contribution in [0.3, 0.4) is 0 Å². The van der Waals surface area contributed by atoms with Gasteiger partial charge in [0.2, 0.25) is 0 Å². The number of carbonyl (C=O) groups is 4. The summed E-state index contributed by atoms with van der Waals surface area (Å²) in [5.41, 5.74) is 0. The van der Waals surface area contributed by atoms with E-state index >= 15 is 0 Å². The molecule has 4 unspecified atom stereocenters. The van der Waals surface area contributed by atoms with Gasteiger partial charge in [0, 0.05) is 25.7 Å². The smallest absolute Gasteiger partial charge is 0.462 e. The number of phosphoric ester groups is 2. The van der Waals surface area contributed by atoms with Crippen LogP contribution < -0.4 is 0 Å². The van der Waals surface area contributed by atoms with E-state index in [1.807, 2.05) is 0 Å². The highest BCUT2D eigenvalue weighted by atomic mass is 31.2. The Hall–Kier alpha value is -2.46. The Morgan fingerprint density at radius 1 is 0.330 bits per heavy atom. The number of hydrogen-bond acceptors (Lipinski definition) is 15. The van der Waals surface area contributed by atoms with Crippen molar-refractivity contribution >= 4 is 39.5 Å². The lowest BCUT2D eigenvalue weighted by Gasteiger charge is -2.21. The molecule has 0 radical (unpaired) electrons. The van der Waals surface area contributed by atoms with E-state index in [0.29, 0.717) is 25.7 Å². The summed E-state index contributed by atoms with van der Waals surface area (Å²) in [5, 5.41) is 10.6. The van der Waals surface area contributed by atoms with Crippen molar-refractivity contribution in [2.45, 2.75) is 414 Å². The topological polar surface area (TPSA) is 237 Å². The van der Waals surface area contributed by atoms with Crippen LogP contribution in [-0.2, 0) is 65.4 Å². The molecule has 0 aromatic rings. The first kappa shape index (κ1) is 97.5. The monoisotopic (exact) mass is 1460 g/mol. The van der Waals surface area contributed by atoms with E-state index < -0.39 is 97.5 Å². The minimum Gasteiger partial charge on any atom is -0.462 e. The second kappa shape index (κ2) is 70.8. The number of hydrogen-bond donors (Lipinski definition) is 3. The molecule has 17 nitrogen and oxygen atoms in total. The van der Waals surface area contributed by atoms with Gasteiger partial charge in [0.05, 0.1) is 26.4 Å². The van der Waals surface area contributed by atoms with Crippen LogP contribution in [0.5, 0.6) is 0 Å². The third-order valence-corrected chi connectivity index (χ3v) is 20.9. The van der Waals surface area contributed by atoms with Crippen LogP contribution in [0.1, 0.15) is 395 Å². The van der Waals surface area contributed by atoms with E-state index in [-0.39, 0.29) is 25.7 Å². The van der Waals surface area contributed by atoms with E-state index in [9.17, 15) is 43.2 Å². The predicted octanol–water partition coefficient (Wildman–Crippen LogP) is 23.7. The molecule has 0 aromatic carbocycles. The average Bonchev–Trinajstić information content (AvgIpc) is 1.12. The van der Waals surface area contributed by atoms with E-state index in [1.54, 1.807) is 0 Å². The molecule has 0 aliphatic rings. The number of aliphatic hydroxyl groups excluding tert-OH is 1. The summed E-state index contributed by atoms with van der Waals surface area (Å²) in [4.78, 5) is 73.0. The first-order chi connectivity index (χ1) is 48.3. The van der Waals surface area contributed by atoms with E-state index in [4.69, 9.17) is 37.0 Å². The zero-order valence-electron chi connectivity index (χ0n) is 65.2. The highest BCUT2D eigenvalue weighted by molar-refractivity contribution is 7.47. The number of aliphatic hydroxyl groups is 1. The van der Waals surface area contributed by atoms with Gasteiger partial charge in [0.1, 0.15) is 19.3 Å². The Labute approximate surface area is 612 Å². The first-order valence-corrected chi connectivity index (χ1v) is 44.2. The van der Waals surface area contributed by atoms with Crippen molar-refractivity contribution in [2.24, 2.45) is 17.8 Å². The molecule has 0 rings (SSSR count). The van der Waals surface area contributed by atoms with E-state index in [1.165, 1.54) is 186 Å². The van der Waals surface area contributed by atoms with Crippen LogP contribution in [0.4, 0.5) is 0 Å². The second-order valence-corrected chi connectivity index (χ2v) is 32.3. The lowest BCUT2D eigenvalue weighted by atomic mass is 9.99. The van der Waals surface area contributed by atoms with Gasteiger partial charge in [-0.1, -0.05) is 342 Å². The maximum Gasteiger partial charge on any atom is 0.472 e. The second-order valence-electron chi connectivity index (χ2n) is 29.4. The van der Waals surface area contributed by atoms with Crippen LogP contribution in [-0.4, -0.2) is 96.7 Å². The van der Waals surface area contributed by atoms with Crippen molar-refractivity contribution < 1.29 is 80.2 Å². The van der Waals surface area contributed by atoms with Crippen LogP contribution >= 0.6 is 15.6 Å². The van der Waals surface area contributed by atoms with Crippen LogP contribution in [0.25, 0.3) is 0 Å². The SMILES string of the molecule is CCCCCC/C=C\C=C/CCCCCCCC(=O)O[C@H](COC(=O)CCCCCCCCC(C)CC)COP(=O)(O)OC[C@H](O)COP(=O)(O)OC[C@@H](COC(=O)CCCCCCCCCCCCCCCCCCCCC(C)C)OC(=O)CCCCCCCCCCCCC(C)CC. The Morgan fingerprint density at radius 2 is 0.590 bits per heavy atom. The summed E-state index contributed by atoms with van der Waals surface area (Å²) in [7, 11) is -9.93. The van der Waals surface area contributed by atoms with Gasteiger partial charge in [-0.3, -0.25) is 37.3 Å². The minimum atomic E-state index is -4.97. The van der Waals surface area contributed by atoms with Crippen molar-refractivity contribution in [2.75, 3.05) is 39.6 Å². The van der Waals surface area contributed by atoms with Crippen molar-refractivity contribution in [1.29, 1.82) is 0 Å². The van der Waals surface area contributed by atoms with Gasteiger partial charge in [-0.25, -0.2) is 9.13 Å². The largest absolute Gasteiger partial charge is 0.472 e. The van der Waals surface area contributed by atoms with Crippen molar-refractivity contribution in [1.82, 2.24) is 0 Å². The number of phosphoric acid groups is 2. The maximum atomic E-state index is 13.1. The quantitative estimate of drug-likeness (QED) is 0.0169. The molecule has 19 heteroatoms. The molecule has 0 heterocycles. The van der Waals surface area contributed by atoms with Crippen molar-refractivity contribution in [3.8, 4) is 0 Å². The van der Waals surface area contributed by atoms with Crippen LogP contribution in [0.15, 0.2) is 24.3 Å². The Balaban J connectivity index is 5.24. The number of ether oxygens (including phenoxy) is 4. The van der Waals surface area contributed by atoms with Gasteiger partial charge < -0.3 is 33.8 Å². The molecule has 0 aliphatic heterocycles. The number of allylic oxidation sites excluding steroid dienone is 4. The molecular weight excluding hydrogens is 1310 g/mol. The van der Waals surface area contributed by atoms with Gasteiger partial charge in [-0.05, 0) is 69.1 Å². The molecular formula is C81H154O17P2. The number of unbranched alkanes of at least 4 members (excludes halogenated alkanes) is 40. The molecule has 7 atom stereocenters. The summed E-state index contributed by atoms with van der Waals surface area (Å²) in [5.74, 6) is 0.207. The standard InChI is InChI=1S/C81H154O17P2/c1-8-11-12-13-14-15-16-17-22-27-30-36-41-50-57-64-80(85)98-77(69-92-79(84)63-56-49-44-43-47-54-61-74(7)10-3)71-96-100(89,90)94-67-75(82)66-93-99(87,88)95-70-76(97-81(86)65-58-51-42-37-32-31-34-39-46-53-60-73(6)9-2)68-91-78(83)62-55-48-40-35-29-26-24-21-19-18-20-23-25-28-33-38-45-52-59-72(4)5/h15-17,22,72-77,82H,8-14,18-21,23-71H2,1-7H3,(H,87,88)(H,89,90)/b16-15-,22-17-/t73?,74?,75-,76-,77-/m1/s1. The zero-order valence-corrected chi connectivity index (χ0v) is 66.9. The predicted molar refractivity (Wildman–Crippen MR) is 409 cm³/mol. The van der Waals surface area contributed by atoms with Gasteiger partial charge in [-0.15, -0.1) is 0 Å². The van der Waals surface area contributed by atoms with Crippen molar-refractivity contribution in [3.05, 3.63) is 24.3 Å². The molecule has 0 bridgehead atoms. The number of carbonyl (C=O) groups excluding carboxylic acids is 4. The van der Waals surface area contributed by atoms with Gasteiger partial charge in [-0.2, -0.15) is 0 Å². The van der Waals surface area contributed by atoms with Crippen LogP contribution in [0.2, 0.25) is 0 Å². The molecule has 0 saturated heterocycles. The zero-order chi connectivity index (χ0) is 73.7. The van der Waals surface area contributed by atoms with Crippen molar-refractivity contribution in [3.63, 3.8) is 0 Å². The molecule has 0 fully saturated rings. The normalized spacial score (nSPS) is 14.7. The van der Waals surface area contributed by atoms with E-state index in [2.05, 4.69) is 72.8 Å². The summed E-state index contributed by atoms with van der Waals surface area (Å²) in [6.07, 6.45) is 61.9. The van der Waals surface area contributed by atoms with Crippen LogP contribution in [0, 0.1) is 17.8 Å². The molecule has 590 valence electrons. The highest BCUT2D eigenvalue weighted by Gasteiger charge is 2.30. The molecule has 0 aromatic heterocycles. The minimum absolute atomic E-state index is 0.0840. The third-order valence-electron chi connectivity index (χ3n) is 19.0. The highest BCUT2D eigenvalue weighted by Crippen LogP contribution is 2.45. The Bertz CT molecular complexity index is 2040. The van der Waals surface area contributed by atoms with Gasteiger partial charge >= 0.3 is 39.5 Å².